The highest BCUT2D eigenvalue weighted by Crippen LogP contribution is 2.16. The number of carbonyl (C=O) groups is 1. The van der Waals surface area contributed by atoms with E-state index in [1.807, 2.05) is 22.9 Å². The van der Waals surface area contributed by atoms with Gasteiger partial charge in [-0.15, -0.1) is 11.3 Å². The van der Waals surface area contributed by atoms with Gasteiger partial charge in [-0.3, -0.25) is 9.20 Å². The van der Waals surface area contributed by atoms with Crippen molar-refractivity contribution in [1.29, 1.82) is 0 Å². The Morgan fingerprint density at radius 2 is 2.19 bits per heavy atom. The molecule has 0 aliphatic heterocycles. The molecule has 0 saturated heterocycles. The molecule has 0 unspecified atom stereocenters. The summed E-state index contributed by atoms with van der Waals surface area (Å²) in [6, 6.07) is 3.05. The average molecular weight is 307 g/mol. The molecule has 2 aromatic heterocycles. The highest BCUT2D eigenvalue weighted by molar-refractivity contribution is 7.15. The summed E-state index contributed by atoms with van der Waals surface area (Å²) in [5.41, 5.74) is 1.85. The zero-order valence-electron chi connectivity index (χ0n) is 11.1. The number of hydrogen-bond acceptors (Lipinski definition) is 3. The normalized spacial score (nSPS) is 11.0. The first-order valence-electron chi connectivity index (χ1n) is 6.20. The first-order chi connectivity index (χ1) is 10.0. The molecule has 0 atom stereocenters. The minimum atomic E-state index is -1.04. The summed E-state index contributed by atoms with van der Waals surface area (Å²) in [6.07, 6.45) is 1.84. The topological polar surface area (TPSA) is 46.4 Å². The summed E-state index contributed by atoms with van der Waals surface area (Å²) in [5.74, 6) is -2.49. The predicted octanol–water partition coefficient (Wildman–Crippen LogP) is 2.91. The smallest absolute Gasteiger partial charge is 0.251 e. The molecular formula is C14H11F2N3OS. The number of hydrogen-bond donors (Lipinski definition) is 1. The van der Waals surface area contributed by atoms with Crippen molar-refractivity contribution in [2.45, 2.75) is 13.5 Å². The van der Waals surface area contributed by atoms with Crippen LogP contribution in [0.2, 0.25) is 0 Å². The number of aryl methyl sites for hydroxylation is 1. The van der Waals surface area contributed by atoms with Crippen molar-refractivity contribution in [1.82, 2.24) is 14.7 Å². The van der Waals surface area contributed by atoms with E-state index in [1.165, 1.54) is 17.4 Å². The van der Waals surface area contributed by atoms with E-state index in [1.54, 1.807) is 0 Å². The van der Waals surface area contributed by atoms with Gasteiger partial charge >= 0.3 is 0 Å². The van der Waals surface area contributed by atoms with Gasteiger partial charge in [0.1, 0.15) is 0 Å². The molecular weight excluding hydrogens is 296 g/mol. The molecule has 0 fully saturated rings. The zero-order valence-corrected chi connectivity index (χ0v) is 11.9. The molecule has 1 aromatic carbocycles. The molecule has 4 nitrogen and oxygen atoms in total. The number of fused-ring (bicyclic) bond motifs is 1. The van der Waals surface area contributed by atoms with Crippen LogP contribution in [0.15, 0.2) is 29.8 Å². The first-order valence-corrected chi connectivity index (χ1v) is 7.08. The van der Waals surface area contributed by atoms with Crippen LogP contribution >= 0.6 is 11.3 Å². The average Bonchev–Trinajstić information content (AvgIpc) is 3.01. The second-order valence-electron chi connectivity index (χ2n) is 4.57. The quantitative estimate of drug-likeness (QED) is 0.809. The number of amides is 1. The van der Waals surface area contributed by atoms with Crippen LogP contribution in [-0.4, -0.2) is 15.3 Å². The number of aromatic nitrogens is 2. The van der Waals surface area contributed by atoms with Gasteiger partial charge in [-0.1, -0.05) is 0 Å². The number of carbonyl (C=O) groups excluding carboxylic acids is 1. The maximum Gasteiger partial charge on any atom is 0.251 e. The Morgan fingerprint density at radius 3 is 2.90 bits per heavy atom. The van der Waals surface area contributed by atoms with Gasteiger partial charge in [-0.2, -0.15) is 0 Å². The van der Waals surface area contributed by atoms with Crippen molar-refractivity contribution in [2.24, 2.45) is 0 Å². The summed E-state index contributed by atoms with van der Waals surface area (Å²) in [7, 11) is 0. The molecule has 2 heterocycles. The Hall–Kier alpha value is -2.28. The molecule has 3 aromatic rings. The molecule has 0 radical (unpaired) electrons. The summed E-state index contributed by atoms with van der Waals surface area (Å²) in [4.78, 5) is 17.1. The van der Waals surface area contributed by atoms with E-state index < -0.39 is 17.5 Å². The Balaban J connectivity index is 1.71. The molecule has 1 amide bonds. The van der Waals surface area contributed by atoms with E-state index in [9.17, 15) is 13.6 Å². The summed E-state index contributed by atoms with van der Waals surface area (Å²) in [5, 5.41) is 4.62. The molecule has 3 rings (SSSR count). The van der Waals surface area contributed by atoms with Gasteiger partial charge in [-0.05, 0) is 25.1 Å². The van der Waals surface area contributed by atoms with Crippen LogP contribution in [0, 0.1) is 18.6 Å². The summed E-state index contributed by atoms with van der Waals surface area (Å²) >= 11 is 1.52. The summed E-state index contributed by atoms with van der Waals surface area (Å²) < 4.78 is 27.8. The number of benzene rings is 1. The number of thiazole rings is 1. The number of nitrogens with one attached hydrogen (secondary N) is 1. The van der Waals surface area contributed by atoms with Crippen LogP contribution in [0.4, 0.5) is 8.78 Å². The number of nitrogens with zero attached hydrogens (tertiary/aromatic N) is 2. The lowest BCUT2D eigenvalue weighted by Gasteiger charge is -2.03. The minimum Gasteiger partial charge on any atom is -0.346 e. The SMILES string of the molecule is Cc1csc2nc(CNC(=O)c3ccc(F)c(F)c3)cn12. The van der Waals surface area contributed by atoms with Gasteiger partial charge in [-0.25, -0.2) is 13.8 Å². The van der Waals surface area contributed by atoms with Gasteiger partial charge in [0.25, 0.3) is 5.91 Å². The van der Waals surface area contributed by atoms with Crippen LogP contribution in [0.25, 0.3) is 4.96 Å². The maximum atomic E-state index is 13.1. The molecule has 0 aliphatic rings. The Morgan fingerprint density at radius 1 is 1.38 bits per heavy atom. The highest BCUT2D eigenvalue weighted by Gasteiger charge is 2.11. The van der Waals surface area contributed by atoms with Crippen molar-refractivity contribution >= 4 is 22.2 Å². The monoisotopic (exact) mass is 307 g/mol. The first kappa shape index (κ1) is 13.7. The van der Waals surface area contributed by atoms with Crippen LogP contribution in [0.3, 0.4) is 0 Å². The van der Waals surface area contributed by atoms with Gasteiger partial charge in [0.05, 0.1) is 12.2 Å². The van der Waals surface area contributed by atoms with E-state index in [0.29, 0.717) is 5.69 Å². The van der Waals surface area contributed by atoms with Crippen LogP contribution in [-0.2, 0) is 6.54 Å². The zero-order chi connectivity index (χ0) is 15.0. The van der Waals surface area contributed by atoms with Crippen molar-refractivity contribution in [3.05, 3.63) is 58.4 Å². The largest absolute Gasteiger partial charge is 0.346 e. The molecule has 0 bridgehead atoms. The standard InChI is InChI=1S/C14H11F2N3OS/c1-8-7-21-14-18-10(6-19(8)14)5-17-13(20)9-2-3-11(15)12(16)4-9/h2-4,6-7H,5H2,1H3,(H,17,20). The summed E-state index contributed by atoms with van der Waals surface area (Å²) in [6.45, 7) is 2.19. The Bertz CT molecular complexity index is 825. The second kappa shape index (κ2) is 5.25. The van der Waals surface area contributed by atoms with Crippen molar-refractivity contribution < 1.29 is 13.6 Å². The molecule has 0 aliphatic carbocycles. The molecule has 108 valence electrons. The highest BCUT2D eigenvalue weighted by atomic mass is 32.1. The fraction of sp³-hybridized carbons (Fsp3) is 0.143. The molecule has 0 spiro atoms. The third-order valence-corrected chi connectivity index (χ3v) is 4.01. The number of halogens is 2. The fourth-order valence-electron chi connectivity index (χ4n) is 1.94. The van der Waals surface area contributed by atoms with Crippen LogP contribution < -0.4 is 5.32 Å². The van der Waals surface area contributed by atoms with E-state index in [0.717, 1.165) is 22.8 Å². The van der Waals surface area contributed by atoms with E-state index >= 15 is 0 Å². The minimum absolute atomic E-state index is 0.0751. The van der Waals surface area contributed by atoms with E-state index in [2.05, 4.69) is 10.3 Å². The lowest BCUT2D eigenvalue weighted by Crippen LogP contribution is -2.23. The lowest BCUT2D eigenvalue weighted by atomic mass is 10.2. The van der Waals surface area contributed by atoms with Gasteiger partial charge in [0.15, 0.2) is 16.6 Å². The second-order valence-corrected chi connectivity index (χ2v) is 5.41. The third-order valence-electron chi connectivity index (χ3n) is 3.05. The predicted molar refractivity (Wildman–Crippen MR) is 75.3 cm³/mol. The van der Waals surface area contributed by atoms with Crippen LogP contribution in [0.1, 0.15) is 21.7 Å². The Labute approximate surface area is 123 Å². The van der Waals surface area contributed by atoms with Gasteiger partial charge in [0, 0.05) is 22.8 Å². The third kappa shape index (κ3) is 2.64. The maximum absolute atomic E-state index is 13.1. The van der Waals surface area contributed by atoms with E-state index in [4.69, 9.17) is 0 Å². The molecule has 0 saturated carbocycles. The van der Waals surface area contributed by atoms with Crippen molar-refractivity contribution in [3.8, 4) is 0 Å². The fourth-order valence-corrected chi connectivity index (χ4v) is 2.81. The molecule has 1 N–H and O–H groups in total. The number of rotatable bonds is 3. The molecule has 21 heavy (non-hydrogen) atoms. The van der Waals surface area contributed by atoms with E-state index in [-0.39, 0.29) is 12.1 Å². The van der Waals surface area contributed by atoms with Crippen LogP contribution in [0.5, 0.6) is 0 Å². The molecule has 7 heteroatoms. The van der Waals surface area contributed by atoms with Gasteiger partial charge in [0.2, 0.25) is 0 Å². The van der Waals surface area contributed by atoms with Crippen molar-refractivity contribution in [3.63, 3.8) is 0 Å². The van der Waals surface area contributed by atoms with Gasteiger partial charge < -0.3 is 5.32 Å². The van der Waals surface area contributed by atoms with Crippen molar-refractivity contribution in [2.75, 3.05) is 0 Å². The Kier molecular flexibility index (Phi) is 3.42. The lowest BCUT2D eigenvalue weighted by molar-refractivity contribution is 0.0950. The number of imidazole rings is 1.